The molecule has 2 amide bonds. The van der Waals surface area contributed by atoms with Crippen LogP contribution in [-0.2, 0) is 16.1 Å². The van der Waals surface area contributed by atoms with Crippen molar-refractivity contribution in [3.63, 3.8) is 0 Å². The second kappa shape index (κ2) is 10.6. The lowest BCUT2D eigenvalue weighted by Crippen LogP contribution is -2.43. The van der Waals surface area contributed by atoms with E-state index in [-0.39, 0.29) is 18.1 Å². The SMILES string of the molecule is CCN(CC)CCCC(C)NC(=O)C(=O)NCc1n[nH]c(=O)c2ccccc12. The summed E-state index contributed by atoms with van der Waals surface area (Å²) in [5, 5.41) is 12.8. The summed E-state index contributed by atoms with van der Waals surface area (Å²) in [5.41, 5.74) is 0.213. The lowest BCUT2D eigenvalue weighted by molar-refractivity contribution is -0.139. The van der Waals surface area contributed by atoms with Gasteiger partial charge in [0.15, 0.2) is 0 Å². The molecule has 0 fully saturated rings. The van der Waals surface area contributed by atoms with Gasteiger partial charge in [-0.25, -0.2) is 5.10 Å². The Morgan fingerprint density at radius 2 is 1.82 bits per heavy atom. The number of hydrogen-bond acceptors (Lipinski definition) is 5. The normalized spacial score (nSPS) is 12.1. The van der Waals surface area contributed by atoms with Crippen LogP contribution in [-0.4, -0.2) is 52.6 Å². The first-order valence-corrected chi connectivity index (χ1v) is 9.73. The van der Waals surface area contributed by atoms with Crippen molar-refractivity contribution in [2.45, 2.75) is 46.2 Å². The molecule has 28 heavy (non-hydrogen) atoms. The van der Waals surface area contributed by atoms with E-state index in [1.807, 2.05) is 6.92 Å². The summed E-state index contributed by atoms with van der Waals surface area (Å²) in [7, 11) is 0. The largest absolute Gasteiger partial charge is 0.345 e. The molecule has 0 saturated carbocycles. The molecule has 1 aromatic carbocycles. The van der Waals surface area contributed by atoms with Crippen LogP contribution in [0.15, 0.2) is 29.1 Å². The summed E-state index contributed by atoms with van der Waals surface area (Å²) in [6, 6.07) is 6.92. The minimum absolute atomic E-state index is 0.0554. The van der Waals surface area contributed by atoms with Crippen molar-refractivity contribution >= 4 is 22.6 Å². The van der Waals surface area contributed by atoms with Gasteiger partial charge in [-0.15, -0.1) is 0 Å². The Morgan fingerprint density at radius 1 is 1.14 bits per heavy atom. The summed E-state index contributed by atoms with van der Waals surface area (Å²) in [5.74, 6) is -1.38. The Labute approximate surface area is 164 Å². The van der Waals surface area contributed by atoms with Gasteiger partial charge in [0.05, 0.1) is 17.6 Å². The van der Waals surface area contributed by atoms with Crippen molar-refractivity contribution in [3.8, 4) is 0 Å². The maximum Gasteiger partial charge on any atom is 0.309 e. The van der Waals surface area contributed by atoms with Gasteiger partial charge in [-0.1, -0.05) is 32.0 Å². The molecule has 0 aliphatic heterocycles. The molecule has 0 aliphatic carbocycles. The molecule has 0 saturated heterocycles. The molecule has 2 aromatic rings. The van der Waals surface area contributed by atoms with Gasteiger partial charge in [-0.3, -0.25) is 14.4 Å². The number of rotatable bonds is 9. The van der Waals surface area contributed by atoms with Crippen LogP contribution in [0.1, 0.15) is 39.3 Å². The number of aromatic nitrogens is 2. The molecule has 8 nitrogen and oxygen atoms in total. The van der Waals surface area contributed by atoms with Gasteiger partial charge in [0.1, 0.15) is 0 Å². The van der Waals surface area contributed by atoms with Crippen molar-refractivity contribution in [1.29, 1.82) is 0 Å². The highest BCUT2D eigenvalue weighted by atomic mass is 16.2. The van der Waals surface area contributed by atoms with Gasteiger partial charge < -0.3 is 15.5 Å². The zero-order chi connectivity index (χ0) is 20.5. The van der Waals surface area contributed by atoms with Crippen molar-refractivity contribution in [1.82, 2.24) is 25.7 Å². The van der Waals surface area contributed by atoms with Crippen molar-refractivity contribution in [3.05, 3.63) is 40.3 Å². The average molecular weight is 387 g/mol. The fourth-order valence-corrected chi connectivity index (χ4v) is 3.07. The monoisotopic (exact) mass is 387 g/mol. The predicted octanol–water partition coefficient (Wildman–Crippen LogP) is 1.17. The fourth-order valence-electron chi connectivity index (χ4n) is 3.07. The van der Waals surface area contributed by atoms with Crippen LogP contribution in [0, 0.1) is 0 Å². The molecule has 0 radical (unpaired) electrons. The molecule has 8 heteroatoms. The van der Waals surface area contributed by atoms with Gasteiger partial charge in [-0.2, -0.15) is 5.10 Å². The van der Waals surface area contributed by atoms with E-state index in [0.29, 0.717) is 16.5 Å². The molecule has 0 aliphatic rings. The van der Waals surface area contributed by atoms with Crippen LogP contribution in [0.4, 0.5) is 0 Å². The van der Waals surface area contributed by atoms with E-state index in [9.17, 15) is 14.4 Å². The fraction of sp³-hybridized carbons (Fsp3) is 0.500. The third-order valence-corrected chi connectivity index (χ3v) is 4.78. The molecule has 0 spiro atoms. The maximum absolute atomic E-state index is 12.1. The second-order valence-electron chi connectivity index (χ2n) is 6.77. The van der Waals surface area contributed by atoms with E-state index in [1.54, 1.807) is 24.3 Å². The molecule has 1 atom stereocenters. The van der Waals surface area contributed by atoms with Crippen LogP contribution in [0.25, 0.3) is 10.8 Å². The zero-order valence-electron chi connectivity index (χ0n) is 16.7. The van der Waals surface area contributed by atoms with Crippen molar-refractivity contribution < 1.29 is 9.59 Å². The Kier molecular flexibility index (Phi) is 8.13. The predicted molar refractivity (Wildman–Crippen MR) is 109 cm³/mol. The Bertz CT molecular complexity index is 860. The number of amides is 2. The molecule has 152 valence electrons. The van der Waals surface area contributed by atoms with Gasteiger partial charge in [0.2, 0.25) is 0 Å². The van der Waals surface area contributed by atoms with E-state index in [4.69, 9.17) is 0 Å². The highest BCUT2D eigenvalue weighted by molar-refractivity contribution is 6.35. The summed E-state index contributed by atoms with van der Waals surface area (Å²) < 4.78 is 0. The first-order chi connectivity index (χ1) is 13.5. The van der Waals surface area contributed by atoms with E-state index in [1.165, 1.54) is 0 Å². The van der Waals surface area contributed by atoms with Crippen molar-refractivity contribution in [2.24, 2.45) is 0 Å². The topological polar surface area (TPSA) is 107 Å². The van der Waals surface area contributed by atoms with Gasteiger partial charge in [0.25, 0.3) is 5.56 Å². The molecule has 3 N–H and O–H groups in total. The molecular formula is C20H29N5O3. The zero-order valence-corrected chi connectivity index (χ0v) is 16.7. The van der Waals surface area contributed by atoms with Gasteiger partial charge >= 0.3 is 11.8 Å². The lowest BCUT2D eigenvalue weighted by Gasteiger charge is -2.19. The smallest absolute Gasteiger partial charge is 0.309 e. The summed E-state index contributed by atoms with van der Waals surface area (Å²) in [6.45, 7) is 9.19. The first kappa shape index (κ1) is 21.6. The minimum Gasteiger partial charge on any atom is -0.345 e. The highest BCUT2D eigenvalue weighted by Crippen LogP contribution is 2.11. The van der Waals surface area contributed by atoms with E-state index in [0.717, 1.165) is 32.5 Å². The summed E-state index contributed by atoms with van der Waals surface area (Å²) in [4.78, 5) is 38.3. The minimum atomic E-state index is -0.715. The Hall–Kier alpha value is -2.74. The number of fused-ring (bicyclic) bond motifs is 1. The third kappa shape index (κ3) is 5.88. The molecule has 2 rings (SSSR count). The molecule has 1 heterocycles. The number of benzene rings is 1. The number of carbonyl (C=O) groups excluding carboxylic acids is 2. The standard InChI is InChI=1S/C20H29N5O3/c1-4-25(5-2)12-8-9-14(3)22-20(28)19(27)21-13-17-15-10-6-7-11-16(15)18(26)24-23-17/h6-7,10-11,14H,4-5,8-9,12-13H2,1-3H3,(H,21,27)(H,22,28)(H,24,26). The molecular weight excluding hydrogens is 358 g/mol. The quantitative estimate of drug-likeness (QED) is 0.560. The second-order valence-corrected chi connectivity index (χ2v) is 6.77. The van der Waals surface area contributed by atoms with Gasteiger partial charge in [-0.05, 0) is 45.5 Å². The molecule has 0 bridgehead atoms. The lowest BCUT2D eigenvalue weighted by atomic mass is 10.1. The maximum atomic E-state index is 12.1. The number of H-pyrrole nitrogens is 1. The van der Waals surface area contributed by atoms with E-state index >= 15 is 0 Å². The highest BCUT2D eigenvalue weighted by Gasteiger charge is 2.17. The van der Waals surface area contributed by atoms with E-state index < -0.39 is 11.8 Å². The van der Waals surface area contributed by atoms with Crippen LogP contribution in [0.3, 0.4) is 0 Å². The van der Waals surface area contributed by atoms with E-state index in [2.05, 4.69) is 39.6 Å². The van der Waals surface area contributed by atoms with Crippen LogP contribution < -0.4 is 16.2 Å². The Balaban J connectivity index is 1.84. The van der Waals surface area contributed by atoms with Gasteiger partial charge in [0, 0.05) is 11.4 Å². The first-order valence-electron chi connectivity index (χ1n) is 9.73. The number of aromatic amines is 1. The molecule has 1 unspecified atom stereocenters. The Morgan fingerprint density at radius 3 is 2.50 bits per heavy atom. The number of nitrogens with one attached hydrogen (secondary N) is 3. The third-order valence-electron chi connectivity index (χ3n) is 4.78. The average Bonchev–Trinajstić information content (AvgIpc) is 2.70. The number of hydrogen-bond donors (Lipinski definition) is 3. The summed E-state index contributed by atoms with van der Waals surface area (Å²) >= 11 is 0. The van der Waals surface area contributed by atoms with Crippen LogP contribution in [0.5, 0.6) is 0 Å². The van der Waals surface area contributed by atoms with Crippen LogP contribution in [0.2, 0.25) is 0 Å². The molecule has 1 aromatic heterocycles. The van der Waals surface area contributed by atoms with Crippen LogP contribution >= 0.6 is 0 Å². The number of carbonyl (C=O) groups is 2. The van der Waals surface area contributed by atoms with Crippen molar-refractivity contribution in [2.75, 3.05) is 19.6 Å². The number of nitrogens with zero attached hydrogens (tertiary/aromatic N) is 2. The summed E-state index contributed by atoms with van der Waals surface area (Å²) in [6.07, 6.45) is 1.76.